The average molecular weight is 256 g/mol. The van der Waals surface area contributed by atoms with Crippen molar-refractivity contribution in [2.75, 3.05) is 12.4 Å². The molecule has 2 aromatic rings. The summed E-state index contributed by atoms with van der Waals surface area (Å²) < 4.78 is 0. The second kappa shape index (κ2) is 5.30. The van der Waals surface area contributed by atoms with Crippen LogP contribution in [0.2, 0.25) is 0 Å². The highest BCUT2D eigenvalue weighted by molar-refractivity contribution is 6.12. The van der Waals surface area contributed by atoms with Crippen molar-refractivity contribution in [3.8, 4) is 0 Å². The highest BCUT2D eigenvalue weighted by atomic mass is 16.6. The van der Waals surface area contributed by atoms with Crippen LogP contribution in [0.25, 0.3) is 0 Å². The van der Waals surface area contributed by atoms with Crippen molar-refractivity contribution < 1.29 is 9.72 Å². The summed E-state index contributed by atoms with van der Waals surface area (Å²) in [6.07, 6.45) is 0. The minimum Gasteiger partial charge on any atom is -0.383 e. The standard InChI is InChI=1S/C14H12N2O3/c1-15-12-9-5-8-11(13(12)16(18)19)14(17)10-6-3-2-4-7-10/h2-9,15H,1H3. The molecule has 0 amide bonds. The zero-order valence-electron chi connectivity index (χ0n) is 10.3. The molecule has 1 N–H and O–H groups in total. The summed E-state index contributed by atoms with van der Waals surface area (Å²) in [5, 5.41) is 13.9. The van der Waals surface area contributed by atoms with Crippen molar-refractivity contribution in [2.24, 2.45) is 0 Å². The molecule has 5 nitrogen and oxygen atoms in total. The molecule has 0 unspecified atom stereocenters. The van der Waals surface area contributed by atoms with E-state index in [0.29, 0.717) is 11.3 Å². The quantitative estimate of drug-likeness (QED) is 0.518. The Morgan fingerprint density at radius 1 is 1.11 bits per heavy atom. The zero-order valence-corrected chi connectivity index (χ0v) is 10.3. The van der Waals surface area contributed by atoms with E-state index in [1.165, 1.54) is 6.07 Å². The fraction of sp³-hybridized carbons (Fsp3) is 0.0714. The van der Waals surface area contributed by atoms with Gasteiger partial charge in [0.05, 0.1) is 4.92 Å². The highest BCUT2D eigenvalue weighted by Gasteiger charge is 2.24. The maximum atomic E-state index is 12.3. The van der Waals surface area contributed by atoms with Crippen LogP contribution in [-0.4, -0.2) is 17.8 Å². The summed E-state index contributed by atoms with van der Waals surface area (Å²) in [6, 6.07) is 13.2. The first-order chi connectivity index (χ1) is 9.15. The molecule has 0 fully saturated rings. The van der Waals surface area contributed by atoms with E-state index >= 15 is 0 Å². The topological polar surface area (TPSA) is 72.2 Å². The van der Waals surface area contributed by atoms with Crippen molar-refractivity contribution >= 4 is 17.2 Å². The van der Waals surface area contributed by atoms with Gasteiger partial charge in [0.15, 0.2) is 5.78 Å². The number of nitro benzene ring substituents is 1. The molecular weight excluding hydrogens is 244 g/mol. The Kier molecular flexibility index (Phi) is 3.56. The van der Waals surface area contributed by atoms with Crippen LogP contribution in [0.1, 0.15) is 15.9 Å². The summed E-state index contributed by atoms with van der Waals surface area (Å²) in [6.45, 7) is 0. The summed E-state index contributed by atoms with van der Waals surface area (Å²) in [7, 11) is 1.58. The molecule has 0 aromatic heterocycles. The maximum Gasteiger partial charge on any atom is 0.303 e. The number of benzene rings is 2. The lowest BCUT2D eigenvalue weighted by Gasteiger charge is -2.06. The van der Waals surface area contributed by atoms with Gasteiger partial charge in [-0.05, 0) is 12.1 Å². The van der Waals surface area contributed by atoms with Gasteiger partial charge in [0.2, 0.25) is 0 Å². The largest absolute Gasteiger partial charge is 0.383 e. The number of nitro groups is 1. The van der Waals surface area contributed by atoms with E-state index in [0.717, 1.165) is 0 Å². The van der Waals surface area contributed by atoms with Gasteiger partial charge in [-0.15, -0.1) is 0 Å². The number of carbonyl (C=O) groups is 1. The number of anilines is 1. The molecule has 0 spiro atoms. The lowest BCUT2D eigenvalue weighted by atomic mass is 10.0. The van der Waals surface area contributed by atoms with Gasteiger partial charge in [-0.25, -0.2) is 0 Å². The van der Waals surface area contributed by atoms with Crippen LogP contribution in [0.5, 0.6) is 0 Å². The summed E-state index contributed by atoms with van der Waals surface area (Å²) >= 11 is 0. The van der Waals surface area contributed by atoms with Crippen LogP contribution < -0.4 is 5.32 Å². The van der Waals surface area contributed by atoms with Crippen LogP contribution in [0.3, 0.4) is 0 Å². The van der Waals surface area contributed by atoms with E-state index in [-0.39, 0.29) is 17.0 Å². The Morgan fingerprint density at radius 2 is 1.79 bits per heavy atom. The SMILES string of the molecule is CNc1cccc(C(=O)c2ccccc2)c1[N+](=O)[O-]. The van der Waals surface area contributed by atoms with Crippen molar-refractivity contribution in [1.82, 2.24) is 0 Å². The summed E-state index contributed by atoms with van der Waals surface area (Å²) in [5.74, 6) is -0.357. The number of nitrogens with zero attached hydrogens (tertiary/aromatic N) is 1. The number of rotatable bonds is 4. The molecule has 2 rings (SSSR count). The van der Waals surface area contributed by atoms with Gasteiger partial charge in [-0.2, -0.15) is 0 Å². The van der Waals surface area contributed by atoms with Crippen molar-refractivity contribution in [3.05, 3.63) is 69.8 Å². The van der Waals surface area contributed by atoms with E-state index in [4.69, 9.17) is 0 Å². The zero-order chi connectivity index (χ0) is 13.8. The third-order valence-corrected chi connectivity index (χ3v) is 2.77. The van der Waals surface area contributed by atoms with Gasteiger partial charge >= 0.3 is 5.69 Å². The molecule has 96 valence electrons. The molecule has 0 aliphatic carbocycles. The molecule has 19 heavy (non-hydrogen) atoms. The van der Waals surface area contributed by atoms with Crippen LogP contribution in [0.15, 0.2) is 48.5 Å². The Morgan fingerprint density at radius 3 is 2.37 bits per heavy atom. The molecule has 5 heteroatoms. The maximum absolute atomic E-state index is 12.3. The predicted molar refractivity (Wildman–Crippen MR) is 72.5 cm³/mol. The first-order valence-electron chi connectivity index (χ1n) is 5.70. The highest BCUT2D eigenvalue weighted by Crippen LogP contribution is 2.29. The van der Waals surface area contributed by atoms with Crippen molar-refractivity contribution in [2.45, 2.75) is 0 Å². The molecule has 0 atom stereocenters. The Bertz CT molecular complexity index is 624. The first kappa shape index (κ1) is 12.8. The van der Waals surface area contributed by atoms with E-state index in [1.54, 1.807) is 49.5 Å². The summed E-state index contributed by atoms with van der Waals surface area (Å²) in [4.78, 5) is 22.9. The van der Waals surface area contributed by atoms with Gasteiger partial charge in [-0.3, -0.25) is 14.9 Å². The van der Waals surface area contributed by atoms with E-state index in [2.05, 4.69) is 5.32 Å². The molecule has 0 radical (unpaired) electrons. The normalized spacial score (nSPS) is 9.95. The van der Waals surface area contributed by atoms with E-state index < -0.39 is 4.92 Å². The van der Waals surface area contributed by atoms with Gasteiger partial charge in [0.25, 0.3) is 0 Å². The van der Waals surface area contributed by atoms with Gasteiger partial charge in [-0.1, -0.05) is 36.4 Å². The molecule has 2 aromatic carbocycles. The number of para-hydroxylation sites is 1. The van der Waals surface area contributed by atoms with Gasteiger partial charge in [0.1, 0.15) is 11.3 Å². The summed E-state index contributed by atoms with van der Waals surface area (Å²) in [5.41, 5.74) is 0.646. The number of nitrogens with one attached hydrogen (secondary N) is 1. The number of hydrogen-bond acceptors (Lipinski definition) is 4. The van der Waals surface area contributed by atoms with Crippen LogP contribution in [0, 0.1) is 10.1 Å². The monoisotopic (exact) mass is 256 g/mol. The molecule has 0 aliphatic rings. The lowest BCUT2D eigenvalue weighted by Crippen LogP contribution is -2.07. The van der Waals surface area contributed by atoms with E-state index in [1.807, 2.05) is 0 Å². The van der Waals surface area contributed by atoms with Gasteiger partial charge < -0.3 is 5.32 Å². The molecule has 0 saturated heterocycles. The minimum absolute atomic E-state index is 0.0862. The third kappa shape index (κ3) is 2.44. The molecule has 0 bridgehead atoms. The average Bonchev–Trinajstić information content (AvgIpc) is 2.46. The van der Waals surface area contributed by atoms with Gasteiger partial charge in [0, 0.05) is 12.6 Å². The second-order valence-electron chi connectivity index (χ2n) is 3.90. The molecule has 0 aliphatic heterocycles. The Hall–Kier alpha value is -2.69. The predicted octanol–water partition coefficient (Wildman–Crippen LogP) is 2.87. The molecule has 0 heterocycles. The number of hydrogen-bond donors (Lipinski definition) is 1. The smallest absolute Gasteiger partial charge is 0.303 e. The molecular formula is C14H12N2O3. The third-order valence-electron chi connectivity index (χ3n) is 2.77. The van der Waals surface area contributed by atoms with Crippen molar-refractivity contribution in [1.29, 1.82) is 0 Å². The Balaban J connectivity index is 2.57. The number of ketones is 1. The minimum atomic E-state index is -0.540. The van der Waals surface area contributed by atoms with Crippen LogP contribution in [-0.2, 0) is 0 Å². The lowest BCUT2D eigenvalue weighted by molar-refractivity contribution is -0.384. The first-order valence-corrected chi connectivity index (χ1v) is 5.70. The molecule has 0 saturated carbocycles. The second-order valence-corrected chi connectivity index (χ2v) is 3.90. The fourth-order valence-corrected chi connectivity index (χ4v) is 1.87. The van der Waals surface area contributed by atoms with Crippen LogP contribution >= 0.6 is 0 Å². The van der Waals surface area contributed by atoms with Crippen molar-refractivity contribution in [3.63, 3.8) is 0 Å². The number of carbonyl (C=O) groups excluding carboxylic acids is 1. The fourth-order valence-electron chi connectivity index (χ4n) is 1.87. The Labute approximate surface area is 110 Å². The van der Waals surface area contributed by atoms with E-state index in [9.17, 15) is 14.9 Å². The van der Waals surface area contributed by atoms with Crippen LogP contribution in [0.4, 0.5) is 11.4 Å².